The molecule has 1 heterocycles. The van der Waals surface area contributed by atoms with Gasteiger partial charge in [-0.3, -0.25) is 9.59 Å². The fraction of sp³-hybridized carbons (Fsp3) is 0.529. The summed E-state index contributed by atoms with van der Waals surface area (Å²) in [6.07, 6.45) is 3.21. The number of amides is 1. The Morgan fingerprint density at radius 2 is 1.78 bits per heavy atom. The van der Waals surface area contributed by atoms with Crippen LogP contribution in [0.15, 0.2) is 24.4 Å². The van der Waals surface area contributed by atoms with E-state index in [2.05, 4.69) is 24.1 Å². The van der Waals surface area contributed by atoms with Crippen molar-refractivity contribution < 1.29 is 9.59 Å². The Kier molecular flexibility index (Phi) is 6.97. The van der Waals surface area contributed by atoms with E-state index in [1.807, 2.05) is 28.2 Å². The van der Waals surface area contributed by atoms with Gasteiger partial charge in [0.1, 0.15) is 0 Å². The minimum atomic E-state index is -0.127. The largest absolute Gasteiger partial charge is 0.383 e. The van der Waals surface area contributed by atoms with Gasteiger partial charge in [-0.2, -0.15) is 0 Å². The molecule has 0 atom stereocenters. The third-order valence-electron chi connectivity index (χ3n) is 3.07. The smallest absolute Gasteiger partial charge is 0.261 e. The first-order chi connectivity index (χ1) is 10.6. The Hall–Kier alpha value is -1.66. The molecule has 0 aromatic carbocycles. The summed E-state index contributed by atoms with van der Waals surface area (Å²) < 4.78 is 0. The van der Waals surface area contributed by atoms with Crippen LogP contribution in [0, 0.1) is 5.41 Å². The van der Waals surface area contributed by atoms with Gasteiger partial charge in [-0.25, -0.2) is 0 Å². The van der Waals surface area contributed by atoms with Crippen LogP contribution in [-0.2, 0) is 0 Å². The van der Waals surface area contributed by atoms with Crippen molar-refractivity contribution in [3.63, 3.8) is 0 Å². The number of carbonyl (C=O) groups excluding carboxylic acids is 2. The molecule has 0 aliphatic heterocycles. The number of allylic oxidation sites excluding steroid dienone is 1. The van der Waals surface area contributed by atoms with E-state index in [-0.39, 0.29) is 17.1 Å². The number of rotatable bonds is 8. The molecule has 0 radical (unpaired) electrons. The summed E-state index contributed by atoms with van der Waals surface area (Å²) in [6.45, 7) is 5.70. The Morgan fingerprint density at radius 1 is 1.17 bits per heavy atom. The first-order valence-corrected chi connectivity index (χ1v) is 8.34. The monoisotopic (exact) mass is 337 g/mol. The van der Waals surface area contributed by atoms with E-state index in [1.165, 1.54) is 17.4 Å². The van der Waals surface area contributed by atoms with Crippen LogP contribution >= 0.6 is 11.3 Å². The Balaban J connectivity index is 2.64. The average Bonchev–Trinajstić information content (AvgIpc) is 2.90. The summed E-state index contributed by atoms with van der Waals surface area (Å²) in [6, 6.07) is 3.41. The zero-order valence-electron chi connectivity index (χ0n) is 14.8. The van der Waals surface area contributed by atoms with Gasteiger partial charge in [-0.15, -0.1) is 11.3 Å². The molecule has 1 amide bonds. The van der Waals surface area contributed by atoms with Gasteiger partial charge in [0, 0.05) is 39.5 Å². The molecule has 0 spiro atoms. The summed E-state index contributed by atoms with van der Waals surface area (Å²) in [7, 11) is 7.74. The first-order valence-electron chi connectivity index (χ1n) is 7.52. The number of hydrogen-bond acceptors (Lipinski definition) is 5. The van der Waals surface area contributed by atoms with E-state index in [0.29, 0.717) is 16.3 Å². The quantitative estimate of drug-likeness (QED) is 0.584. The van der Waals surface area contributed by atoms with Crippen LogP contribution in [0.2, 0.25) is 0 Å². The van der Waals surface area contributed by atoms with E-state index < -0.39 is 0 Å². The van der Waals surface area contributed by atoms with Crippen molar-refractivity contribution in [2.24, 2.45) is 5.41 Å². The van der Waals surface area contributed by atoms with Gasteiger partial charge in [0.05, 0.1) is 9.75 Å². The fourth-order valence-electron chi connectivity index (χ4n) is 2.21. The molecule has 0 aliphatic rings. The molecule has 0 fully saturated rings. The highest BCUT2D eigenvalue weighted by Crippen LogP contribution is 2.19. The first kappa shape index (κ1) is 19.4. The van der Waals surface area contributed by atoms with Crippen LogP contribution < -0.4 is 5.32 Å². The second-order valence-electron chi connectivity index (χ2n) is 6.89. The van der Waals surface area contributed by atoms with Crippen LogP contribution in [0.1, 0.15) is 33.2 Å². The summed E-state index contributed by atoms with van der Waals surface area (Å²) >= 11 is 1.22. The predicted molar refractivity (Wildman–Crippen MR) is 96.1 cm³/mol. The van der Waals surface area contributed by atoms with E-state index in [4.69, 9.17) is 0 Å². The molecule has 1 aromatic heterocycles. The number of nitrogens with zero attached hydrogens (tertiary/aromatic N) is 2. The van der Waals surface area contributed by atoms with Crippen molar-refractivity contribution in [2.45, 2.75) is 13.8 Å². The summed E-state index contributed by atoms with van der Waals surface area (Å²) in [5, 5.41) is 2.95. The summed E-state index contributed by atoms with van der Waals surface area (Å²) in [4.78, 5) is 29.2. The Bertz CT molecular complexity index is 574. The van der Waals surface area contributed by atoms with Gasteiger partial charge >= 0.3 is 0 Å². The molecule has 6 heteroatoms. The SMILES string of the molecule is CN(C)C=CC(=O)c1ccc(C(=O)NCC(C)(C)CN(C)C)s1. The standard InChI is InChI=1S/C17H27N3O2S/c1-17(2,12-20(5)6)11-18-16(22)15-8-7-14(23-15)13(21)9-10-19(3)4/h7-10H,11-12H2,1-6H3,(H,18,22). The van der Waals surface area contributed by atoms with Crippen LogP contribution in [0.25, 0.3) is 0 Å². The lowest BCUT2D eigenvalue weighted by molar-refractivity contribution is 0.0933. The zero-order valence-corrected chi connectivity index (χ0v) is 15.7. The molecule has 5 nitrogen and oxygen atoms in total. The van der Waals surface area contributed by atoms with E-state index in [0.717, 1.165) is 6.54 Å². The normalized spacial score (nSPS) is 12.0. The molecule has 0 saturated heterocycles. The Labute approximate surface area is 143 Å². The molecule has 0 saturated carbocycles. The van der Waals surface area contributed by atoms with Gasteiger partial charge in [0.2, 0.25) is 0 Å². The van der Waals surface area contributed by atoms with Crippen LogP contribution in [0.4, 0.5) is 0 Å². The second kappa shape index (κ2) is 8.26. The van der Waals surface area contributed by atoms with Gasteiger partial charge in [0.25, 0.3) is 5.91 Å². The highest BCUT2D eigenvalue weighted by atomic mass is 32.1. The van der Waals surface area contributed by atoms with Crippen molar-refractivity contribution in [3.8, 4) is 0 Å². The van der Waals surface area contributed by atoms with Crippen molar-refractivity contribution in [3.05, 3.63) is 34.2 Å². The maximum Gasteiger partial charge on any atom is 0.261 e. The number of nitrogens with one attached hydrogen (secondary N) is 1. The van der Waals surface area contributed by atoms with Crippen LogP contribution in [0.5, 0.6) is 0 Å². The lowest BCUT2D eigenvalue weighted by Gasteiger charge is -2.28. The van der Waals surface area contributed by atoms with Gasteiger partial charge in [-0.1, -0.05) is 13.8 Å². The van der Waals surface area contributed by atoms with Crippen molar-refractivity contribution in [1.29, 1.82) is 0 Å². The van der Waals surface area contributed by atoms with Crippen LogP contribution in [0.3, 0.4) is 0 Å². The molecule has 0 bridgehead atoms. The minimum Gasteiger partial charge on any atom is -0.383 e. The second-order valence-corrected chi connectivity index (χ2v) is 7.98. The molecule has 1 aromatic rings. The average molecular weight is 337 g/mol. The molecule has 1 rings (SSSR count). The third kappa shape index (κ3) is 6.97. The molecular formula is C17H27N3O2S. The third-order valence-corrected chi connectivity index (χ3v) is 4.17. The maximum absolute atomic E-state index is 12.2. The number of thiophene rings is 1. The summed E-state index contributed by atoms with van der Waals surface area (Å²) in [5.41, 5.74) is -0.0104. The Morgan fingerprint density at radius 3 is 2.35 bits per heavy atom. The lowest BCUT2D eigenvalue weighted by Crippen LogP contribution is -2.39. The molecule has 0 aliphatic carbocycles. The van der Waals surface area contributed by atoms with Crippen molar-refractivity contribution >= 4 is 23.0 Å². The van der Waals surface area contributed by atoms with Gasteiger partial charge in [0.15, 0.2) is 5.78 Å². The molecule has 23 heavy (non-hydrogen) atoms. The number of hydrogen-bond donors (Lipinski definition) is 1. The number of carbonyl (C=O) groups is 2. The van der Waals surface area contributed by atoms with Gasteiger partial charge < -0.3 is 15.1 Å². The fourth-order valence-corrected chi connectivity index (χ4v) is 3.05. The topological polar surface area (TPSA) is 52.7 Å². The molecule has 0 unspecified atom stereocenters. The zero-order chi connectivity index (χ0) is 17.6. The molecule has 128 valence electrons. The molecule has 1 N–H and O–H groups in total. The van der Waals surface area contributed by atoms with Gasteiger partial charge in [-0.05, 0) is 31.6 Å². The van der Waals surface area contributed by atoms with E-state index >= 15 is 0 Å². The van der Waals surface area contributed by atoms with Crippen molar-refractivity contribution in [2.75, 3.05) is 41.3 Å². The lowest BCUT2D eigenvalue weighted by atomic mass is 9.93. The highest BCUT2D eigenvalue weighted by Gasteiger charge is 2.21. The number of ketones is 1. The van der Waals surface area contributed by atoms with E-state index in [1.54, 1.807) is 23.2 Å². The van der Waals surface area contributed by atoms with Crippen molar-refractivity contribution in [1.82, 2.24) is 15.1 Å². The maximum atomic E-state index is 12.2. The molecular weight excluding hydrogens is 310 g/mol. The highest BCUT2D eigenvalue weighted by molar-refractivity contribution is 7.16. The van der Waals surface area contributed by atoms with E-state index in [9.17, 15) is 9.59 Å². The minimum absolute atomic E-state index is 0.0104. The predicted octanol–water partition coefficient (Wildman–Crippen LogP) is 2.32. The summed E-state index contributed by atoms with van der Waals surface area (Å²) in [5.74, 6) is -0.215. The van der Waals surface area contributed by atoms with Crippen LogP contribution in [-0.4, -0.2) is 62.8 Å².